The SMILES string of the molecule is C=CC(=O)NCCOCOCCNC(=O)C=C. The first-order valence-corrected chi connectivity index (χ1v) is 5.16. The second kappa shape index (κ2) is 10.8. The van der Waals surface area contributed by atoms with Crippen molar-refractivity contribution in [3.05, 3.63) is 25.3 Å². The molecule has 0 rings (SSSR count). The van der Waals surface area contributed by atoms with Gasteiger partial charge in [0.05, 0.1) is 13.2 Å². The summed E-state index contributed by atoms with van der Waals surface area (Å²) in [6.45, 7) is 8.27. The first kappa shape index (κ1) is 15.3. The summed E-state index contributed by atoms with van der Waals surface area (Å²) in [4.78, 5) is 21.4. The molecular weight excluding hydrogens is 224 g/mol. The van der Waals surface area contributed by atoms with Crippen molar-refractivity contribution in [2.45, 2.75) is 0 Å². The molecule has 0 saturated heterocycles. The summed E-state index contributed by atoms with van der Waals surface area (Å²) < 4.78 is 10.1. The molecule has 6 heteroatoms. The van der Waals surface area contributed by atoms with Crippen molar-refractivity contribution in [3.63, 3.8) is 0 Å². The Kier molecular flexibility index (Phi) is 9.79. The van der Waals surface area contributed by atoms with Crippen molar-refractivity contribution < 1.29 is 19.1 Å². The van der Waals surface area contributed by atoms with Crippen LogP contribution in [0.1, 0.15) is 0 Å². The van der Waals surface area contributed by atoms with Crippen LogP contribution in [0.3, 0.4) is 0 Å². The highest BCUT2D eigenvalue weighted by atomic mass is 16.7. The molecule has 0 unspecified atom stereocenters. The molecule has 17 heavy (non-hydrogen) atoms. The van der Waals surface area contributed by atoms with Crippen LogP contribution >= 0.6 is 0 Å². The Morgan fingerprint density at radius 1 is 0.941 bits per heavy atom. The Hall–Kier alpha value is -1.66. The zero-order chi connectivity index (χ0) is 12.9. The Morgan fingerprint density at radius 2 is 1.35 bits per heavy atom. The molecule has 0 aliphatic rings. The fourth-order valence-electron chi connectivity index (χ4n) is 0.814. The molecule has 0 aliphatic carbocycles. The van der Waals surface area contributed by atoms with E-state index >= 15 is 0 Å². The van der Waals surface area contributed by atoms with E-state index in [1.165, 1.54) is 12.2 Å². The van der Waals surface area contributed by atoms with Gasteiger partial charge in [-0.25, -0.2) is 0 Å². The van der Waals surface area contributed by atoms with Gasteiger partial charge in [0, 0.05) is 13.1 Å². The van der Waals surface area contributed by atoms with E-state index in [-0.39, 0.29) is 18.6 Å². The highest BCUT2D eigenvalue weighted by Crippen LogP contribution is 1.78. The predicted octanol–water partition coefficient (Wildman–Crippen LogP) is -0.418. The Morgan fingerprint density at radius 3 is 1.71 bits per heavy atom. The lowest BCUT2D eigenvalue weighted by Gasteiger charge is -2.06. The lowest BCUT2D eigenvalue weighted by molar-refractivity contribution is -0.117. The third-order valence-corrected chi connectivity index (χ3v) is 1.63. The topological polar surface area (TPSA) is 76.7 Å². The molecule has 0 aromatic carbocycles. The summed E-state index contributed by atoms with van der Waals surface area (Å²) in [5.41, 5.74) is 0. The van der Waals surface area contributed by atoms with Crippen molar-refractivity contribution in [1.82, 2.24) is 10.6 Å². The Bertz CT molecular complexity index is 240. The van der Waals surface area contributed by atoms with Gasteiger partial charge < -0.3 is 20.1 Å². The van der Waals surface area contributed by atoms with E-state index < -0.39 is 0 Å². The van der Waals surface area contributed by atoms with Crippen molar-refractivity contribution in [2.24, 2.45) is 0 Å². The minimum Gasteiger partial charge on any atom is -0.354 e. The molecule has 0 atom stereocenters. The first-order chi connectivity index (χ1) is 8.20. The largest absolute Gasteiger partial charge is 0.354 e. The quantitative estimate of drug-likeness (QED) is 0.310. The number of carbonyl (C=O) groups excluding carboxylic acids is 2. The van der Waals surface area contributed by atoms with Crippen LogP contribution in [-0.4, -0.2) is 44.9 Å². The third-order valence-electron chi connectivity index (χ3n) is 1.63. The summed E-state index contributed by atoms with van der Waals surface area (Å²) in [6.07, 6.45) is 2.39. The lowest BCUT2D eigenvalue weighted by atomic mass is 10.5. The molecule has 0 radical (unpaired) electrons. The highest BCUT2D eigenvalue weighted by Gasteiger charge is 1.94. The van der Waals surface area contributed by atoms with Crippen LogP contribution in [0.15, 0.2) is 25.3 Å². The average Bonchev–Trinajstić information content (AvgIpc) is 2.35. The van der Waals surface area contributed by atoms with E-state index in [2.05, 4.69) is 23.8 Å². The fraction of sp³-hybridized carbons (Fsp3) is 0.455. The van der Waals surface area contributed by atoms with Crippen molar-refractivity contribution in [3.8, 4) is 0 Å². The Balaban J connectivity index is 3.13. The first-order valence-electron chi connectivity index (χ1n) is 5.16. The summed E-state index contributed by atoms with van der Waals surface area (Å²) in [5.74, 6) is -0.469. The lowest BCUT2D eigenvalue weighted by Crippen LogP contribution is -2.27. The van der Waals surface area contributed by atoms with Crippen molar-refractivity contribution in [1.29, 1.82) is 0 Å². The van der Waals surface area contributed by atoms with Gasteiger partial charge in [-0.1, -0.05) is 13.2 Å². The minimum absolute atomic E-state index is 0.119. The van der Waals surface area contributed by atoms with E-state index in [4.69, 9.17) is 9.47 Å². The summed E-state index contributed by atoms with van der Waals surface area (Å²) in [6, 6.07) is 0. The molecule has 6 nitrogen and oxygen atoms in total. The smallest absolute Gasteiger partial charge is 0.243 e. The van der Waals surface area contributed by atoms with Gasteiger partial charge >= 0.3 is 0 Å². The summed E-state index contributed by atoms with van der Waals surface area (Å²) in [5, 5.41) is 5.10. The second-order valence-corrected chi connectivity index (χ2v) is 2.92. The number of amides is 2. The van der Waals surface area contributed by atoms with Gasteiger partial charge in [-0.05, 0) is 12.2 Å². The molecule has 0 saturated carbocycles. The van der Waals surface area contributed by atoms with E-state index in [0.717, 1.165) is 0 Å². The molecular formula is C11H18N2O4. The average molecular weight is 242 g/mol. The second-order valence-electron chi connectivity index (χ2n) is 2.92. The molecule has 0 aromatic heterocycles. The molecule has 0 heterocycles. The van der Waals surface area contributed by atoms with E-state index in [1.807, 2.05) is 0 Å². The maximum Gasteiger partial charge on any atom is 0.243 e. The number of hydrogen-bond acceptors (Lipinski definition) is 4. The van der Waals surface area contributed by atoms with Crippen molar-refractivity contribution in [2.75, 3.05) is 33.1 Å². The van der Waals surface area contributed by atoms with Crippen molar-refractivity contribution >= 4 is 11.8 Å². The van der Waals surface area contributed by atoms with Crippen LogP contribution in [0, 0.1) is 0 Å². The van der Waals surface area contributed by atoms with E-state index in [1.54, 1.807) is 0 Å². The number of ether oxygens (including phenoxy) is 2. The summed E-state index contributed by atoms with van der Waals surface area (Å²) >= 11 is 0. The molecule has 0 aromatic rings. The molecule has 0 spiro atoms. The molecule has 0 aliphatic heterocycles. The maximum atomic E-state index is 10.7. The minimum atomic E-state index is -0.235. The monoisotopic (exact) mass is 242 g/mol. The van der Waals surface area contributed by atoms with Gasteiger partial charge in [0.25, 0.3) is 0 Å². The number of hydrogen-bond donors (Lipinski definition) is 2. The van der Waals surface area contributed by atoms with Gasteiger partial charge in [-0.2, -0.15) is 0 Å². The molecule has 2 amide bonds. The van der Waals surface area contributed by atoms with Gasteiger partial charge in [-0.3, -0.25) is 9.59 Å². The van der Waals surface area contributed by atoms with Crippen LogP contribution in [0.5, 0.6) is 0 Å². The third kappa shape index (κ3) is 10.6. The van der Waals surface area contributed by atoms with Crippen LogP contribution in [0.25, 0.3) is 0 Å². The molecule has 96 valence electrons. The highest BCUT2D eigenvalue weighted by molar-refractivity contribution is 5.87. The van der Waals surface area contributed by atoms with Crippen LogP contribution in [-0.2, 0) is 19.1 Å². The maximum absolute atomic E-state index is 10.7. The molecule has 0 bridgehead atoms. The molecule has 0 fully saturated rings. The van der Waals surface area contributed by atoms with Crippen LogP contribution in [0.4, 0.5) is 0 Å². The fourth-order valence-corrected chi connectivity index (χ4v) is 0.814. The van der Waals surface area contributed by atoms with Gasteiger partial charge in [0.15, 0.2) is 0 Å². The van der Waals surface area contributed by atoms with Gasteiger partial charge in [-0.15, -0.1) is 0 Å². The molecule has 2 N–H and O–H groups in total. The zero-order valence-electron chi connectivity index (χ0n) is 9.74. The number of carbonyl (C=O) groups is 2. The van der Waals surface area contributed by atoms with Crippen LogP contribution < -0.4 is 10.6 Å². The Labute approximate surface area is 101 Å². The van der Waals surface area contributed by atoms with Crippen LogP contribution in [0.2, 0.25) is 0 Å². The van der Waals surface area contributed by atoms with E-state index in [9.17, 15) is 9.59 Å². The van der Waals surface area contributed by atoms with Gasteiger partial charge in [0.2, 0.25) is 11.8 Å². The predicted molar refractivity (Wildman–Crippen MR) is 63.2 cm³/mol. The number of nitrogens with one attached hydrogen (secondary N) is 2. The zero-order valence-corrected chi connectivity index (χ0v) is 9.74. The van der Waals surface area contributed by atoms with Gasteiger partial charge in [0.1, 0.15) is 6.79 Å². The number of rotatable bonds is 10. The van der Waals surface area contributed by atoms with E-state index in [0.29, 0.717) is 26.3 Å². The normalized spacial score (nSPS) is 9.41. The summed E-state index contributed by atoms with van der Waals surface area (Å²) in [7, 11) is 0. The standard InChI is InChI=1S/C11H18N2O4/c1-3-10(14)12-5-7-16-9-17-8-6-13-11(15)4-2/h3-4H,1-2,5-9H2,(H,12,14)(H,13,15).